The summed E-state index contributed by atoms with van der Waals surface area (Å²) in [5.41, 5.74) is 1.19. The highest BCUT2D eigenvalue weighted by atomic mass is 32.2. The fraction of sp³-hybridized carbons (Fsp3) is 0.316. The van der Waals surface area contributed by atoms with Gasteiger partial charge in [-0.1, -0.05) is 23.9 Å². The number of aromatic nitrogens is 2. The van der Waals surface area contributed by atoms with Crippen molar-refractivity contribution in [2.75, 3.05) is 20.3 Å². The summed E-state index contributed by atoms with van der Waals surface area (Å²) in [6, 6.07) is 5.99. The average Bonchev–Trinajstić information content (AvgIpc) is 3.10. The first-order chi connectivity index (χ1) is 13.5. The number of benzene rings is 1. The molecule has 2 N–H and O–H groups in total. The van der Waals surface area contributed by atoms with Crippen molar-refractivity contribution in [1.82, 2.24) is 15.3 Å². The van der Waals surface area contributed by atoms with E-state index in [0.717, 1.165) is 12.0 Å². The maximum absolute atomic E-state index is 13.2. The number of thioether (sulfide) groups is 1. The number of H-pyrrole nitrogens is 1. The molecule has 1 unspecified atom stereocenters. The number of carbonyl (C=O) groups excluding carboxylic acids is 1. The Hall–Kier alpha value is -2.23. The van der Waals surface area contributed by atoms with E-state index in [9.17, 15) is 14.0 Å². The van der Waals surface area contributed by atoms with Crippen LogP contribution < -0.4 is 10.9 Å². The van der Waals surface area contributed by atoms with E-state index in [2.05, 4.69) is 15.3 Å². The molecule has 148 valence electrons. The van der Waals surface area contributed by atoms with Crippen LogP contribution in [0.3, 0.4) is 0 Å². The molecule has 0 saturated carbocycles. The van der Waals surface area contributed by atoms with Crippen LogP contribution in [0.2, 0.25) is 0 Å². The van der Waals surface area contributed by atoms with E-state index in [4.69, 9.17) is 4.74 Å². The lowest BCUT2D eigenvalue weighted by Crippen LogP contribution is -2.32. The third-order valence-electron chi connectivity index (χ3n) is 4.06. The first-order valence-electron chi connectivity index (χ1n) is 8.70. The molecule has 0 bridgehead atoms. The normalized spacial score (nSPS) is 12.2. The number of thiophene rings is 1. The van der Waals surface area contributed by atoms with Crippen molar-refractivity contribution in [1.29, 1.82) is 0 Å². The molecule has 2 aromatic heterocycles. The van der Waals surface area contributed by atoms with Gasteiger partial charge < -0.3 is 15.0 Å². The number of rotatable bonds is 8. The molecule has 0 saturated heterocycles. The summed E-state index contributed by atoms with van der Waals surface area (Å²) in [5.74, 6) is -0.453. The second kappa shape index (κ2) is 9.31. The Morgan fingerprint density at radius 1 is 1.39 bits per heavy atom. The lowest BCUT2D eigenvalue weighted by Gasteiger charge is -2.11. The number of hydrogen-bond donors (Lipinski definition) is 2. The lowest BCUT2D eigenvalue weighted by atomic mass is 10.1. The van der Waals surface area contributed by atoms with Crippen LogP contribution in [-0.2, 0) is 9.53 Å². The molecule has 2 heterocycles. The van der Waals surface area contributed by atoms with Gasteiger partial charge in [-0.25, -0.2) is 9.37 Å². The average molecular weight is 422 g/mol. The van der Waals surface area contributed by atoms with E-state index in [1.165, 1.54) is 35.2 Å². The molecule has 1 amide bonds. The van der Waals surface area contributed by atoms with Crippen molar-refractivity contribution in [3.05, 3.63) is 45.8 Å². The monoisotopic (exact) mass is 421 g/mol. The second-order valence-corrected chi connectivity index (χ2v) is 8.29. The van der Waals surface area contributed by atoms with Crippen molar-refractivity contribution >= 4 is 39.2 Å². The number of nitrogens with zero attached hydrogens (tertiary/aromatic N) is 1. The molecule has 28 heavy (non-hydrogen) atoms. The predicted octanol–water partition coefficient (Wildman–Crippen LogP) is 3.42. The highest BCUT2D eigenvalue weighted by molar-refractivity contribution is 8.00. The van der Waals surface area contributed by atoms with E-state index >= 15 is 0 Å². The van der Waals surface area contributed by atoms with Gasteiger partial charge in [0.15, 0.2) is 5.16 Å². The number of carbonyl (C=O) groups is 1. The van der Waals surface area contributed by atoms with E-state index in [1.807, 2.05) is 5.38 Å². The first-order valence-corrected chi connectivity index (χ1v) is 10.5. The van der Waals surface area contributed by atoms with E-state index in [1.54, 1.807) is 26.2 Å². The molecule has 6 nitrogen and oxygen atoms in total. The summed E-state index contributed by atoms with van der Waals surface area (Å²) in [5, 5.41) is 5.13. The van der Waals surface area contributed by atoms with Gasteiger partial charge in [-0.2, -0.15) is 0 Å². The molecule has 0 aliphatic carbocycles. The van der Waals surface area contributed by atoms with Crippen LogP contribution in [0.4, 0.5) is 4.39 Å². The molecule has 0 fully saturated rings. The zero-order chi connectivity index (χ0) is 20.1. The van der Waals surface area contributed by atoms with Crippen molar-refractivity contribution in [2.24, 2.45) is 0 Å². The number of fused-ring (bicyclic) bond motifs is 1. The number of ether oxygens (including phenoxy) is 1. The Morgan fingerprint density at radius 2 is 2.14 bits per heavy atom. The minimum Gasteiger partial charge on any atom is -0.385 e. The van der Waals surface area contributed by atoms with Gasteiger partial charge in [-0.3, -0.25) is 9.59 Å². The molecule has 9 heteroatoms. The Bertz CT molecular complexity index is 1020. The number of hydrogen-bond acceptors (Lipinski definition) is 6. The van der Waals surface area contributed by atoms with Gasteiger partial charge in [-0.05, 0) is 31.0 Å². The molecule has 1 aromatic carbocycles. The second-order valence-electron chi connectivity index (χ2n) is 6.10. The van der Waals surface area contributed by atoms with E-state index in [0.29, 0.717) is 34.1 Å². The summed E-state index contributed by atoms with van der Waals surface area (Å²) in [6.07, 6.45) is 0.738. The molecule has 0 spiro atoms. The summed E-state index contributed by atoms with van der Waals surface area (Å²) in [7, 11) is 1.62. The third kappa shape index (κ3) is 4.78. The van der Waals surface area contributed by atoms with Gasteiger partial charge in [0, 0.05) is 31.2 Å². The smallest absolute Gasteiger partial charge is 0.260 e. The first kappa shape index (κ1) is 20.5. The quantitative estimate of drug-likeness (QED) is 0.331. The molecule has 3 rings (SSSR count). The minimum absolute atomic E-state index is 0.123. The minimum atomic E-state index is -0.403. The molecular formula is C19H20FN3O3S2. The van der Waals surface area contributed by atoms with Crippen LogP contribution in [0.15, 0.2) is 39.6 Å². The molecular weight excluding hydrogens is 401 g/mol. The maximum atomic E-state index is 13.2. The molecule has 3 aromatic rings. The lowest BCUT2D eigenvalue weighted by molar-refractivity contribution is -0.120. The molecule has 0 radical (unpaired) electrons. The van der Waals surface area contributed by atoms with Gasteiger partial charge >= 0.3 is 0 Å². The fourth-order valence-corrected chi connectivity index (χ4v) is 4.45. The third-order valence-corrected chi connectivity index (χ3v) is 5.92. The summed E-state index contributed by atoms with van der Waals surface area (Å²) in [4.78, 5) is 32.6. The van der Waals surface area contributed by atoms with Gasteiger partial charge in [0.2, 0.25) is 5.91 Å². The Balaban J connectivity index is 1.76. The molecule has 0 aliphatic heterocycles. The van der Waals surface area contributed by atoms with Gasteiger partial charge in [0.25, 0.3) is 5.56 Å². The van der Waals surface area contributed by atoms with Gasteiger partial charge in [-0.15, -0.1) is 11.3 Å². The topological polar surface area (TPSA) is 84.1 Å². The van der Waals surface area contributed by atoms with E-state index in [-0.39, 0.29) is 17.3 Å². The number of halogens is 1. The highest BCUT2D eigenvalue weighted by Crippen LogP contribution is 2.32. The zero-order valence-corrected chi connectivity index (χ0v) is 17.1. The van der Waals surface area contributed by atoms with Crippen LogP contribution in [0.1, 0.15) is 13.3 Å². The number of nitrogens with one attached hydrogen (secondary N) is 2. The Labute approximate surface area is 169 Å². The maximum Gasteiger partial charge on any atom is 0.260 e. The highest BCUT2D eigenvalue weighted by Gasteiger charge is 2.18. The van der Waals surface area contributed by atoms with Crippen molar-refractivity contribution in [3.8, 4) is 11.1 Å². The summed E-state index contributed by atoms with van der Waals surface area (Å²) >= 11 is 2.54. The van der Waals surface area contributed by atoms with Crippen molar-refractivity contribution < 1.29 is 13.9 Å². The fourth-order valence-electron chi connectivity index (χ4n) is 2.62. The standard InChI is InChI=1S/C19H20FN3O3S2/c1-11(16(24)21-8-3-9-26-2)28-19-22-17(25)15-14(10-27-18(15)23-19)12-4-6-13(20)7-5-12/h4-7,10-11H,3,8-9H2,1-2H3,(H,21,24)(H,22,23,25). The Morgan fingerprint density at radius 3 is 2.86 bits per heavy atom. The van der Waals surface area contributed by atoms with Crippen LogP contribution >= 0.6 is 23.1 Å². The van der Waals surface area contributed by atoms with E-state index < -0.39 is 5.25 Å². The predicted molar refractivity (Wildman–Crippen MR) is 110 cm³/mol. The zero-order valence-electron chi connectivity index (χ0n) is 15.5. The van der Waals surface area contributed by atoms with Crippen LogP contribution in [0.5, 0.6) is 0 Å². The van der Waals surface area contributed by atoms with Crippen LogP contribution in [-0.4, -0.2) is 41.4 Å². The number of aromatic amines is 1. The number of amides is 1. The van der Waals surface area contributed by atoms with Gasteiger partial charge in [0.1, 0.15) is 10.6 Å². The Kier molecular flexibility index (Phi) is 6.82. The molecule has 1 atom stereocenters. The van der Waals surface area contributed by atoms with Crippen molar-refractivity contribution in [2.45, 2.75) is 23.8 Å². The van der Waals surface area contributed by atoms with Crippen LogP contribution in [0.25, 0.3) is 21.3 Å². The van der Waals surface area contributed by atoms with Crippen molar-refractivity contribution in [3.63, 3.8) is 0 Å². The van der Waals surface area contributed by atoms with Gasteiger partial charge in [0.05, 0.1) is 10.6 Å². The van der Waals surface area contributed by atoms with Crippen LogP contribution in [0, 0.1) is 5.82 Å². The number of methoxy groups -OCH3 is 1. The molecule has 0 aliphatic rings. The summed E-state index contributed by atoms with van der Waals surface area (Å²) < 4.78 is 18.1. The SMILES string of the molecule is COCCCNC(=O)C(C)Sc1nc2scc(-c3ccc(F)cc3)c2c(=O)[nH]1. The summed E-state index contributed by atoms with van der Waals surface area (Å²) in [6.45, 7) is 2.88. The largest absolute Gasteiger partial charge is 0.385 e.